The number of hydrogen-bond donors (Lipinski definition) is 0. The minimum atomic E-state index is -3.60. The molecule has 2 fully saturated rings. The zero-order chi connectivity index (χ0) is 24.3. The minimum absolute atomic E-state index is 0.0468. The lowest BCUT2D eigenvalue weighted by atomic mass is 9.95. The Bertz CT molecular complexity index is 1110. The van der Waals surface area contributed by atoms with Crippen molar-refractivity contribution in [2.45, 2.75) is 36.6 Å². The van der Waals surface area contributed by atoms with Crippen molar-refractivity contribution in [3.05, 3.63) is 48.0 Å². The third kappa shape index (κ3) is 4.72. The fourth-order valence-electron chi connectivity index (χ4n) is 4.92. The quantitative estimate of drug-likeness (QED) is 0.593. The second-order valence-corrected chi connectivity index (χ2v) is 10.6. The van der Waals surface area contributed by atoms with Crippen molar-refractivity contribution in [1.29, 1.82) is 0 Å². The van der Waals surface area contributed by atoms with Gasteiger partial charge in [-0.1, -0.05) is 0 Å². The third-order valence-corrected chi connectivity index (χ3v) is 8.75. The summed E-state index contributed by atoms with van der Waals surface area (Å²) in [6.07, 6.45) is 2.82. The Morgan fingerprint density at radius 1 is 0.853 bits per heavy atom. The lowest BCUT2D eigenvalue weighted by Gasteiger charge is -2.34. The second kappa shape index (κ2) is 10.2. The van der Waals surface area contributed by atoms with E-state index in [1.165, 1.54) is 4.31 Å². The van der Waals surface area contributed by atoms with Crippen molar-refractivity contribution in [3.8, 4) is 17.2 Å². The molecule has 0 unspecified atom stereocenters. The first kappa shape index (κ1) is 24.3. The van der Waals surface area contributed by atoms with Crippen LogP contribution >= 0.6 is 0 Å². The van der Waals surface area contributed by atoms with E-state index >= 15 is 0 Å². The van der Waals surface area contributed by atoms with Crippen LogP contribution in [0, 0.1) is 5.92 Å². The van der Waals surface area contributed by atoms with Gasteiger partial charge in [-0.15, -0.1) is 0 Å². The number of rotatable bonds is 7. The smallest absolute Gasteiger partial charge is 0.243 e. The van der Waals surface area contributed by atoms with Crippen molar-refractivity contribution < 1.29 is 27.4 Å². The predicted octanol–water partition coefficient (Wildman–Crippen LogP) is 3.48. The first-order valence-corrected chi connectivity index (χ1v) is 13.0. The van der Waals surface area contributed by atoms with Crippen LogP contribution in [0.5, 0.6) is 17.2 Å². The predicted molar refractivity (Wildman–Crippen MR) is 128 cm³/mol. The molecule has 0 N–H and O–H groups in total. The molecule has 2 heterocycles. The average Bonchev–Trinajstić information content (AvgIpc) is 3.37. The number of amides is 1. The van der Waals surface area contributed by atoms with E-state index in [4.69, 9.17) is 14.2 Å². The largest absolute Gasteiger partial charge is 0.497 e. The highest BCUT2D eigenvalue weighted by molar-refractivity contribution is 7.89. The standard InChI is InChI=1S/C25H32N2O6S/c1-31-19-6-9-21(10-7-19)34(29,30)26-15-12-18(13-16-26)25(28)27-14-4-5-23(27)22-11-8-20(32-2)17-24(22)33-3/h6-11,17-18,23H,4-5,12-16H2,1-3H3/t23-/m0/s1. The summed E-state index contributed by atoms with van der Waals surface area (Å²) in [6, 6.07) is 12.1. The summed E-state index contributed by atoms with van der Waals surface area (Å²) in [7, 11) is 1.18. The first-order chi connectivity index (χ1) is 16.4. The van der Waals surface area contributed by atoms with Gasteiger partial charge in [-0.2, -0.15) is 4.31 Å². The van der Waals surface area contributed by atoms with Crippen LogP contribution < -0.4 is 14.2 Å². The number of carbonyl (C=O) groups is 1. The molecule has 2 saturated heterocycles. The van der Waals surface area contributed by atoms with E-state index in [0.29, 0.717) is 49.7 Å². The van der Waals surface area contributed by atoms with Crippen LogP contribution in [-0.2, 0) is 14.8 Å². The molecule has 0 saturated carbocycles. The van der Waals surface area contributed by atoms with Gasteiger partial charge in [-0.3, -0.25) is 4.79 Å². The summed E-state index contributed by atoms with van der Waals surface area (Å²) in [5.41, 5.74) is 0.980. The summed E-state index contributed by atoms with van der Waals surface area (Å²) in [5.74, 6) is 1.94. The number of benzene rings is 2. The molecule has 0 aromatic heterocycles. The van der Waals surface area contributed by atoms with Gasteiger partial charge in [0, 0.05) is 37.2 Å². The lowest BCUT2D eigenvalue weighted by Crippen LogP contribution is -2.44. The average molecular weight is 489 g/mol. The molecule has 0 spiro atoms. The van der Waals surface area contributed by atoms with Gasteiger partial charge in [-0.25, -0.2) is 8.42 Å². The maximum atomic E-state index is 13.5. The number of ether oxygens (including phenoxy) is 3. The van der Waals surface area contributed by atoms with Crippen LogP contribution in [0.15, 0.2) is 47.4 Å². The Kier molecular flexibility index (Phi) is 7.33. The molecule has 2 aromatic rings. The minimum Gasteiger partial charge on any atom is -0.497 e. The van der Waals surface area contributed by atoms with Gasteiger partial charge >= 0.3 is 0 Å². The molecule has 0 radical (unpaired) electrons. The zero-order valence-corrected chi connectivity index (χ0v) is 20.7. The van der Waals surface area contributed by atoms with E-state index in [1.807, 2.05) is 23.1 Å². The maximum Gasteiger partial charge on any atom is 0.243 e. The molecule has 0 bridgehead atoms. The Morgan fingerprint density at radius 2 is 1.50 bits per heavy atom. The number of carbonyl (C=O) groups excluding carboxylic acids is 1. The van der Waals surface area contributed by atoms with Crippen molar-refractivity contribution in [1.82, 2.24) is 9.21 Å². The number of piperidine rings is 1. The monoisotopic (exact) mass is 488 g/mol. The summed E-state index contributed by atoms with van der Waals surface area (Å²) >= 11 is 0. The highest BCUT2D eigenvalue weighted by atomic mass is 32.2. The van der Waals surface area contributed by atoms with E-state index in [-0.39, 0.29) is 22.8 Å². The van der Waals surface area contributed by atoms with Gasteiger partial charge in [-0.05, 0) is 62.1 Å². The number of likely N-dealkylation sites (tertiary alicyclic amines) is 1. The third-order valence-electron chi connectivity index (χ3n) is 6.84. The number of nitrogens with zero attached hydrogens (tertiary/aromatic N) is 2. The van der Waals surface area contributed by atoms with Gasteiger partial charge in [0.15, 0.2) is 0 Å². The Balaban J connectivity index is 1.44. The van der Waals surface area contributed by atoms with E-state index in [0.717, 1.165) is 18.4 Å². The molecule has 0 aliphatic carbocycles. The fourth-order valence-corrected chi connectivity index (χ4v) is 6.39. The Labute approximate surface area is 201 Å². The molecule has 2 aliphatic heterocycles. The summed E-state index contributed by atoms with van der Waals surface area (Å²) < 4.78 is 43.6. The molecule has 2 aliphatic rings. The van der Waals surface area contributed by atoms with E-state index in [9.17, 15) is 13.2 Å². The van der Waals surface area contributed by atoms with Gasteiger partial charge in [0.05, 0.1) is 32.3 Å². The molecular formula is C25H32N2O6S. The molecule has 9 heteroatoms. The number of methoxy groups -OCH3 is 3. The van der Waals surface area contributed by atoms with Crippen molar-refractivity contribution in [2.75, 3.05) is 41.0 Å². The SMILES string of the molecule is COc1ccc(S(=O)(=O)N2CCC(C(=O)N3CCC[C@H]3c3ccc(OC)cc3OC)CC2)cc1. The molecule has 2 aromatic carbocycles. The van der Waals surface area contributed by atoms with E-state index in [2.05, 4.69) is 0 Å². The van der Waals surface area contributed by atoms with Crippen LogP contribution in [0.3, 0.4) is 0 Å². The van der Waals surface area contributed by atoms with Crippen LogP contribution in [-0.4, -0.2) is 64.5 Å². The molecule has 34 heavy (non-hydrogen) atoms. The van der Waals surface area contributed by atoms with Crippen molar-refractivity contribution in [3.63, 3.8) is 0 Å². The normalized spacial score (nSPS) is 19.7. The van der Waals surface area contributed by atoms with Gasteiger partial charge in [0.2, 0.25) is 15.9 Å². The maximum absolute atomic E-state index is 13.5. The van der Waals surface area contributed by atoms with E-state index < -0.39 is 10.0 Å². The number of hydrogen-bond acceptors (Lipinski definition) is 6. The summed E-state index contributed by atoms with van der Waals surface area (Å²) in [6.45, 7) is 1.35. The molecule has 184 valence electrons. The van der Waals surface area contributed by atoms with E-state index in [1.54, 1.807) is 45.6 Å². The summed E-state index contributed by atoms with van der Waals surface area (Å²) in [4.78, 5) is 15.7. The van der Waals surface area contributed by atoms with Gasteiger partial charge in [0.25, 0.3) is 0 Å². The molecule has 4 rings (SSSR count). The Hall–Kier alpha value is -2.78. The fraction of sp³-hybridized carbons (Fsp3) is 0.480. The molecule has 1 atom stereocenters. The molecule has 1 amide bonds. The van der Waals surface area contributed by atoms with Gasteiger partial charge in [0.1, 0.15) is 17.2 Å². The number of sulfonamides is 1. The second-order valence-electron chi connectivity index (χ2n) is 8.65. The zero-order valence-electron chi connectivity index (χ0n) is 19.9. The highest BCUT2D eigenvalue weighted by Gasteiger charge is 2.38. The Morgan fingerprint density at radius 3 is 2.12 bits per heavy atom. The lowest BCUT2D eigenvalue weighted by molar-refractivity contribution is -0.137. The highest BCUT2D eigenvalue weighted by Crippen LogP contribution is 2.40. The van der Waals surface area contributed by atoms with Crippen LogP contribution in [0.1, 0.15) is 37.3 Å². The van der Waals surface area contributed by atoms with Crippen LogP contribution in [0.2, 0.25) is 0 Å². The van der Waals surface area contributed by atoms with Gasteiger partial charge < -0.3 is 19.1 Å². The topological polar surface area (TPSA) is 85.4 Å². The van der Waals surface area contributed by atoms with Crippen LogP contribution in [0.4, 0.5) is 0 Å². The molecule has 8 nitrogen and oxygen atoms in total. The first-order valence-electron chi connectivity index (χ1n) is 11.6. The van der Waals surface area contributed by atoms with Crippen molar-refractivity contribution in [2.24, 2.45) is 5.92 Å². The van der Waals surface area contributed by atoms with Crippen molar-refractivity contribution >= 4 is 15.9 Å². The summed E-state index contributed by atoms with van der Waals surface area (Å²) in [5, 5.41) is 0. The molecular weight excluding hydrogens is 456 g/mol. The van der Waals surface area contributed by atoms with Crippen LogP contribution in [0.25, 0.3) is 0 Å².